The highest BCUT2D eigenvalue weighted by molar-refractivity contribution is 5.94. The lowest BCUT2D eigenvalue weighted by Crippen LogP contribution is -2.30. The number of nitrogens with one attached hydrogen (secondary N) is 1. The Hall–Kier alpha value is -2.74. The minimum absolute atomic E-state index is 0.157. The zero-order valence-corrected chi connectivity index (χ0v) is 17.4. The second kappa shape index (κ2) is 8.42. The monoisotopic (exact) mass is 434 g/mol. The third-order valence-corrected chi connectivity index (χ3v) is 6.14. The summed E-state index contributed by atoms with van der Waals surface area (Å²) in [7, 11) is 1.67. The maximum absolute atomic E-state index is 12.4. The van der Waals surface area contributed by atoms with Crippen molar-refractivity contribution in [2.24, 2.45) is 17.8 Å². The Balaban J connectivity index is 1.24. The van der Waals surface area contributed by atoms with E-state index in [0.29, 0.717) is 24.3 Å². The van der Waals surface area contributed by atoms with Crippen molar-refractivity contribution in [3.8, 4) is 11.5 Å². The Bertz CT molecular complexity index is 951. The molecule has 1 aliphatic carbocycles. The van der Waals surface area contributed by atoms with Crippen LogP contribution in [0.15, 0.2) is 42.5 Å². The molecular formula is C23H25F3N2O3. The molecule has 2 fully saturated rings. The van der Waals surface area contributed by atoms with Gasteiger partial charge in [0.05, 0.1) is 7.11 Å². The average molecular weight is 434 g/mol. The first kappa shape index (κ1) is 21.5. The molecule has 1 N–H and O–H groups in total. The van der Waals surface area contributed by atoms with Crippen molar-refractivity contribution in [2.75, 3.05) is 26.7 Å². The summed E-state index contributed by atoms with van der Waals surface area (Å²) in [6.45, 7) is 5.45. The number of halogens is 3. The van der Waals surface area contributed by atoms with E-state index >= 15 is 0 Å². The van der Waals surface area contributed by atoms with Crippen LogP contribution < -0.4 is 14.8 Å². The summed E-state index contributed by atoms with van der Waals surface area (Å²) in [5.41, 5.74) is 2.53. The normalized spacial score (nSPS) is 22.7. The smallest absolute Gasteiger partial charge is 0.496 e. The summed E-state index contributed by atoms with van der Waals surface area (Å²) in [6, 6.07) is 11.4. The number of rotatable bonds is 7. The number of piperidine rings is 1. The van der Waals surface area contributed by atoms with E-state index in [4.69, 9.17) is 4.74 Å². The molecule has 166 valence electrons. The van der Waals surface area contributed by atoms with Crippen molar-refractivity contribution < 1.29 is 27.4 Å². The Morgan fingerprint density at radius 1 is 1.16 bits per heavy atom. The molecule has 2 aliphatic rings. The Kier molecular flexibility index (Phi) is 5.83. The van der Waals surface area contributed by atoms with Gasteiger partial charge in [-0.2, -0.15) is 0 Å². The highest BCUT2D eigenvalue weighted by Crippen LogP contribution is 2.51. The van der Waals surface area contributed by atoms with Gasteiger partial charge in [0.25, 0.3) is 5.91 Å². The van der Waals surface area contributed by atoms with Gasteiger partial charge in [-0.1, -0.05) is 18.2 Å². The topological polar surface area (TPSA) is 50.8 Å². The highest BCUT2D eigenvalue weighted by atomic mass is 19.4. The van der Waals surface area contributed by atoms with Crippen LogP contribution in [0.2, 0.25) is 0 Å². The number of ether oxygens (including phenoxy) is 2. The van der Waals surface area contributed by atoms with Crippen LogP contribution in [0.25, 0.3) is 0 Å². The van der Waals surface area contributed by atoms with E-state index < -0.39 is 12.1 Å². The van der Waals surface area contributed by atoms with Crippen LogP contribution in [0.3, 0.4) is 0 Å². The number of nitrogens with zero attached hydrogens (tertiary/aromatic N) is 1. The summed E-state index contributed by atoms with van der Waals surface area (Å²) in [5, 5.41) is 2.86. The van der Waals surface area contributed by atoms with Crippen LogP contribution >= 0.6 is 0 Å². The Morgan fingerprint density at radius 2 is 1.90 bits per heavy atom. The molecule has 2 aromatic carbocycles. The average Bonchev–Trinajstić information content (AvgIpc) is 3.16. The standard InChI is InChI=1S/C23H25F3N2O3/c1-14-8-15(6-7-21(14)30-2)11-28-12-19-18(20(19)13-28)10-27-22(29)16-4-3-5-17(9-16)31-23(24,25)26/h3-9,18-20H,10-13H2,1-2H3,(H,27,29). The zero-order valence-electron chi connectivity index (χ0n) is 17.4. The molecule has 1 saturated heterocycles. The molecular weight excluding hydrogens is 409 g/mol. The van der Waals surface area contributed by atoms with Gasteiger partial charge < -0.3 is 14.8 Å². The maximum atomic E-state index is 12.4. The molecule has 4 rings (SSSR count). The summed E-state index contributed by atoms with van der Waals surface area (Å²) >= 11 is 0. The number of carbonyl (C=O) groups excluding carboxylic acids is 1. The van der Waals surface area contributed by atoms with Gasteiger partial charge in [-0.15, -0.1) is 13.2 Å². The summed E-state index contributed by atoms with van der Waals surface area (Å²) in [6.07, 6.45) is -4.78. The van der Waals surface area contributed by atoms with E-state index in [2.05, 4.69) is 27.1 Å². The van der Waals surface area contributed by atoms with Gasteiger partial charge in [-0.05, 0) is 60.1 Å². The van der Waals surface area contributed by atoms with Crippen molar-refractivity contribution >= 4 is 5.91 Å². The number of benzene rings is 2. The molecule has 2 aromatic rings. The Morgan fingerprint density at radius 3 is 2.55 bits per heavy atom. The first-order chi connectivity index (χ1) is 14.7. The number of likely N-dealkylation sites (tertiary alicyclic amines) is 1. The number of methoxy groups -OCH3 is 1. The van der Waals surface area contributed by atoms with Crippen molar-refractivity contribution in [1.82, 2.24) is 10.2 Å². The summed E-state index contributed by atoms with van der Waals surface area (Å²) in [4.78, 5) is 14.8. The van der Waals surface area contributed by atoms with Crippen molar-refractivity contribution in [3.05, 3.63) is 59.2 Å². The Labute approximate surface area is 179 Å². The summed E-state index contributed by atoms with van der Waals surface area (Å²) in [5.74, 6) is 1.64. The molecule has 31 heavy (non-hydrogen) atoms. The molecule has 0 spiro atoms. The number of amides is 1. The molecule has 1 aliphatic heterocycles. The lowest BCUT2D eigenvalue weighted by Gasteiger charge is -2.20. The van der Waals surface area contributed by atoms with Crippen LogP contribution in [-0.2, 0) is 6.54 Å². The molecule has 0 bridgehead atoms. The molecule has 2 atom stereocenters. The first-order valence-corrected chi connectivity index (χ1v) is 10.2. The second-order valence-corrected chi connectivity index (χ2v) is 8.28. The van der Waals surface area contributed by atoms with Crippen LogP contribution in [-0.4, -0.2) is 43.9 Å². The quantitative estimate of drug-likeness (QED) is 0.716. The van der Waals surface area contributed by atoms with Gasteiger partial charge in [0.1, 0.15) is 11.5 Å². The predicted molar refractivity (Wildman–Crippen MR) is 109 cm³/mol. The number of hydrogen-bond acceptors (Lipinski definition) is 4. The minimum atomic E-state index is -4.78. The minimum Gasteiger partial charge on any atom is -0.496 e. The van der Waals surface area contributed by atoms with Gasteiger partial charge in [0.15, 0.2) is 0 Å². The molecule has 5 nitrogen and oxygen atoms in total. The van der Waals surface area contributed by atoms with Gasteiger partial charge in [-0.25, -0.2) is 0 Å². The van der Waals surface area contributed by atoms with Crippen molar-refractivity contribution in [1.29, 1.82) is 0 Å². The van der Waals surface area contributed by atoms with Crippen molar-refractivity contribution in [3.63, 3.8) is 0 Å². The maximum Gasteiger partial charge on any atom is 0.573 e. The van der Waals surface area contributed by atoms with Gasteiger partial charge in [0, 0.05) is 31.7 Å². The first-order valence-electron chi connectivity index (χ1n) is 10.2. The fraction of sp³-hybridized carbons (Fsp3) is 0.435. The molecule has 2 unspecified atom stereocenters. The third-order valence-electron chi connectivity index (χ3n) is 6.14. The predicted octanol–water partition coefficient (Wildman–Crippen LogP) is 4.01. The van der Waals surface area contributed by atoms with Gasteiger partial charge in [-0.3, -0.25) is 9.69 Å². The van der Waals surface area contributed by atoms with Crippen LogP contribution in [0, 0.1) is 24.7 Å². The largest absolute Gasteiger partial charge is 0.573 e. The summed E-state index contributed by atoms with van der Waals surface area (Å²) < 4.78 is 46.3. The zero-order chi connectivity index (χ0) is 22.2. The number of fused-ring (bicyclic) bond motifs is 1. The van der Waals surface area contributed by atoms with E-state index in [9.17, 15) is 18.0 Å². The van der Waals surface area contributed by atoms with Crippen molar-refractivity contribution in [2.45, 2.75) is 19.8 Å². The molecule has 1 saturated carbocycles. The van der Waals surface area contributed by atoms with E-state index in [1.165, 1.54) is 23.8 Å². The molecule has 1 amide bonds. The second-order valence-electron chi connectivity index (χ2n) is 8.28. The molecule has 8 heteroatoms. The molecule has 1 heterocycles. The number of aryl methyl sites for hydroxylation is 1. The number of hydrogen-bond donors (Lipinski definition) is 1. The van der Waals surface area contributed by atoms with E-state index in [1.807, 2.05) is 13.0 Å². The van der Waals surface area contributed by atoms with Gasteiger partial charge >= 0.3 is 6.36 Å². The lowest BCUT2D eigenvalue weighted by atomic mass is 10.1. The van der Waals surface area contributed by atoms with E-state index in [1.54, 1.807) is 7.11 Å². The fourth-order valence-electron chi connectivity index (χ4n) is 4.61. The molecule has 0 radical (unpaired) electrons. The fourth-order valence-corrected chi connectivity index (χ4v) is 4.61. The van der Waals surface area contributed by atoms with Crippen LogP contribution in [0.5, 0.6) is 11.5 Å². The van der Waals surface area contributed by atoms with E-state index in [-0.39, 0.29) is 11.5 Å². The SMILES string of the molecule is COc1ccc(CN2CC3C(CNC(=O)c4cccc(OC(F)(F)F)c4)C3C2)cc1C. The van der Waals surface area contributed by atoms with Crippen LogP contribution in [0.4, 0.5) is 13.2 Å². The number of carbonyl (C=O) groups is 1. The van der Waals surface area contributed by atoms with Gasteiger partial charge in [0.2, 0.25) is 0 Å². The third kappa shape index (κ3) is 5.12. The molecule has 0 aromatic heterocycles. The van der Waals surface area contributed by atoms with E-state index in [0.717, 1.165) is 37.0 Å². The lowest BCUT2D eigenvalue weighted by molar-refractivity contribution is -0.274. The highest BCUT2D eigenvalue weighted by Gasteiger charge is 2.55. The van der Waals surface area contributed by atoms with Crippen LogP contribution in [0.1, 0.15) is 21.5 Å². The number of alkyl halides is 3.